The molecule has 2 aromatic rings. The molecule has 3 atom stereocenters. The average molecular weight is 467 g/mol. The van der Waals surface area contributed by atoms with Crippen LogP contribution in [0.4, 0.5) is 4.79 Å². The highest BCUT2D eigenvalue weighted by atomic mass is 16.5. The fraction of sp³-hybridized carbons (Fsp3) is 0.423. The third kappa shape index (κ3) is 5.07. The average Bonchev–Trinajstić information content (AvgIpc) is 3.17. The van der Waals surface area contributed by atoms with Gasteiger partial charge in [0.15, 0.2) is 6.10 Å². The fourth-order valence-electron chi connectivity index (χ4n) is 4.98. The lowest BCUT2D eigenvalue weighted by Crippen LogP contribution is -2.51. The van der Waals surface area contributed by atoms with E-state index in [2.05, 4.69) is 22.8 Å². The van der Waals surface area contributed by atoms with Crippen molar-refractivity contribution in [3.05, 3.63) is 59.7 Å². The number of carboxylic acids is 1. The highest BCUT2D eigenvalue weighted by Gasteiger charge is 2.34. The standard InChI is InChI=1S/C26H30N2O6/c1-33-23(24(29)28-22-13-7-6-12-20(22)25(30)31)14-27-26(32)34-15-21-18-10-4-2-8-16(18)17-9-3-5-11-19(17)21/h2-5,8-11,20-23H,6-7,12-15H2,1H3,(H,27,32)(H,28,29)(H,30,31)/t20-,22+,23?/m1/s1. The molecule has 0 bridgehead atoms. The summed E-state index contributed by atoms with van der Waals surface area (Å²) >= 11 is 0. The van der Waals surface area contributed by atoms with E-state index in [0.717, 1.165) is 35.1 Å². The molecule has 0 radical (unpaired) electrons. The molecule has 3 N–H and O–H groups in total. The van der Waals surface area contributed by atoms with Crippen molar-refractivity contribution in [2.45, 2.75) is 43.7 Å². The lowest BCUT2D eigenvalue weighted by Gasteiger charge is -2.30. The quantitative estimate of drug-likeness (QED) is 0.550. The summed E-state index contributed by atoms with van der Waals surface area (Å²) in [6.45, 7) is 0.0928. The SMILES string of the molecule is COC(CNC(=O)OCC1c2ccccc2-c2ccccc21)C(=O)N[C@H]1CCCC[C@H]1C(=O)O. The van der Waals surface area contributed by atoms with Gasteiger partial charge in [-0.25, -0.2) is 4.79 Å². The van der Waals surface area contributed by atoms with E-state index in [1.807, 2.05) is 36.4 Å². The summed E-state index contributed by atoms with van der Waals surface area (Å²) in [5, 5.41) is 14.8. The molecule has 1 saturated carbocycles. The number of nitrogens with one attached hydrogen (secondary N) is 2. The Morgan fingerprint density at radius 1 is 1.00 bits per heavy atom. The molecular weight excluding hydrogens is 436 g/mol. The van der Waals surface area contributed by atoms with E-state index in [0.29, 0.717) is 12.8 Å². The van der Waals surface area contributed by atoms with Crippen LogP contribution in [0, 0.1) is 5.92 Å². The van der Waals surface area contributed by atoms with Crippen molar-refractivity contribution in [1.82, 2.24) is 10.6 Å². The smallest absolute Gasteiger partial charge is 0.407 e. The zero-order valence-corrected chi connectivity index (χ0v) is 19.2. The van der Waals surface area contributed by atoms with Crippen molar-refractivity contribution in [2.24, 2.45) is 5.92 Å². The topological polar surface area (TPSA) is 114 Å². The Morgan fingerprint density at radius 3 is 2.24 bits per heavy atom. The Kier molecular flexibility index (Phi) is 7.47. The minimum atomic E-state index is -0.947. The van der Waals surface area contributed by atoms with Crippen molar-refractivity contribution < 1.29 is 29.0 Å². The minimum absolute atomic E-state index is 0.0566. The van der Waals surface area contributed by atoms with Crippen molar-refractivity contribution >= 4 is 18.0 Å². The normalized spacial score (nSPS) is 20.0. The summed E-state index contributed by atoms with van der Waals surface area (Å²) in [4.78, 5) is 36.5. The van der Waals surface area contributed by atoms with Gasteiger partial charge in [-0.05, 0) is 35.1 Å². The molecule has 2 aliphatic carbocycles. The van der Waals surface area contributed by atoms with Gasteiger partial charge in [0.25, 0.3) is 5.91 Å². The van der Waals surface area contributed by atoms with E-state index in [1.54, 1.807) is 0 Å². The van der Waals surface area contributed by atoms with E-state index < -0.39 is 36.0 Å². The van der Waals surface area contributed by atoms with Crippen LogP contribution in [0.3, 0.4) is 0 Å². The lowest BCUT2D eigenvalue weighted by atomic mass is 9.84. The summed E-state index contributed by atoms with van der Waals surface area (Å²) in [6, 6.07) is 15.7. The number of hydrogen-bond acceptors (Lipinski definition) is 5. The number of carboxylic acid groups (broad SMARTS) is 1. The van der Waals surface area contributed by atoms with Gasteiger partial charge in [0.2, 0.25) is 0 Å². The van der Waals surface area contributed by atoms with Gasteiger partial charge < -0.3 is 25.2 Å². The summed E-state index contributed by atoms with van der Waals surface area (Å²) in [6.07, 6.45) is 1.26. The molecule has 1 fully saturated rings. The van der Waals surface area contributed by atoms with Crippen LogP contribution in [0.15, 0.2) is 48.5 Å². The number of fused-ring (bicyclic) bond motifs is 3. The van der Waals surface area contributed by atoms with Crippen LogP contribution in [0.25, 0.3) is 11.1 Å². The van der Waals surface area contributed by atoms with Gasteiger partial charge in [-0.3, -0.25) is 9.59 Å². The first kappa shape index (κ1) is 23.8. The third-order valence-electron chi connectivity index (χ3n) is 6.76. The van der Waals surface area contributed by atoms with Crippen molar-refractivity contribution in [3.8, 4) is 11.1 Å². The zero-order valence-electron chi connectivity index (χ0n) is 19.2. The van der Waals surface area contributed by atoms with Crippen LogP contribution in [0.2, 0.25) is 0 Å². The Bertz CT molecular complexity index is 1010. The molecule has 8 nitrogen and oxygen atoms in total. The van der Waals surface area contributed by atoms with Gasteiger partial charge in [0.05, 0.1) is 12.5 Å². The second kappa shape index (κ2) is 10.7. The van der Waals surface area contributed by atoms with Gasteiger partial charge in [0, 0.05) is 19.1 Å². The summed E-state index contributed by atoms with van der Waals surface area (Å²) in [5.41, 5.74) is 4.52. The van der Waals surface area contributed by atoms with Crippen molar-refractivity contribution in [2.75, 3.05) is 20.3 Å². The predicted octanol–water partition coefficient (Wildman–Crippen LogP) is 3.30. The van der Waals surface area contributed by atoms with Crippen LogP contribution >= 0.6 is 0 Å². The number of aliphatic carboxylic acids is 1. The number of alkyl carbamates (subject to hydrolysis) is 1. The molecule has 0 aliphatic heterocycles. The lowest BCUT2D eigenvalue weighted by molar-refractivity contribution is -0.144. The highest BCUT2D eigenvalue weighted by Crippen LogP contribution is 2.44. The molecule has 0 saturated heterocycles. The van der Waals surface area contributed by atoms with E-state index in [4.69, 9.17) is 9.47 Å². The maximum absolute atomic E-state index is 12.6. The van der Waals surface area contributed by atoms with E-state index in [1.165, 1.54) is 7.11 Å². The van der Waals surface area contributed by atoms with Gasteiger partial charge >= 0.3 is 12.1 Å². The second-order valence-corrected chi connectivity index (χ2v) is 8.78. The minimum Gasteiger partial charge on any atom is -0.481 e. The molecule has 0 spiro atoms. The summed E-state index contributed by atoms with van der Waals surface area (Å²) in [5.74, 6) is -2.01. The first-order valence-corrected chi connectivity index (χ1v) is 11.6. The number of rotatable bonds is 8. The van der Waals surface area contributed by atoms with Gasteiger partial charge in [-0.2, -0.15) is 0 Å². The molecule has 34 heavy (non-hydrogen) atoms. The van der Waals surface area contributed by atoms with Crippen molar-refractivity contribution in [3.63, 3.8) is 0 Å². The Morgan fingerprint density at radius 2 is 1.62 bits per heavy atom. The third-order valence-corrected chi connectivity index (χ3v) is 6.76. The molecule has 0 heterocycles. The van der Waals surface area contributed by atoms with Crippen LogP contribution < -0.4 is 10.6 Å². The van der Waals surface area contributed by atoms with E-state index in [-0.39, 0.29) is 19.1 Å². The molecule has 2 aromatic carbocycles. The second-order valence-electron chi connectivity index (χ2n) is 8.78. The number of benzene rings is 2. The Labute approximate surface area is 198 Å². The van der Waals surface area contributed by atoms with Gasteiger partial charge in [-0.15, -0.1) is 0 Å². The van der Waals surface area contributed by atoms with Gasteiger partial charge in [-0.1, -0.05) is 61.4 Å². The Hall–Kier alpha value is -3.39. The number of hydrogen-bond donors (Lipinski definition) is 3. The monoisotopic (exact) mass is 466 g/mol. The van der Waals surface area contributed by atoms with Crippen LogP contribution in [-0.4, -0.2) is 55.5 Å². The first-order valence-electron chi connectivity index (χ1n) is 11.6. The number of carbonyl (C=O) groups excluding carboxylic acids is 2. The number of methoxy groups -OCH3 is 1. The number of carbonyl (C=O) groups is 3. The summed E-state index contributed by atoms with van der Waals surface area (Å²) in [7, 11) is 1.37. The highest BCUT2D eigenvalue weighted by molar-refractivity contribution is 5.83. The van der Waals surface area contributed by atoms with E-state index >= 15 is 0 Å². The van der Waals surface area contributed by atoms with E-state index in [9.17, 15) is 19.5 Å². The zero-order chi connectivity index (χ0) is 24.1. The molecule has 1 unspecified atom stereocenters. The van der Waals surface area contributed by atoms with Crippen LogP contribution in [-0.2, 0) is 19.1 Å². The molecule has 4 rings (SSSR count). The maximum atomic E-state index is 12.6. The molecule has 0 aromatic heterocycles. The summed E-state index contributed by atoms with van der Waals surface area (Å²) < 4.78 is 10.7. The largest absolute Gasteiger partial charge is 0.481 e. The van der Waals surface area contributed by atoms with Crippen LogP contribution in [0.1, 0.15) is 42.7 Å². The van der Waals surface area contributed by atoms with Crippen molar-refractivity contribution in [1.29, 1.82) is 0 Å². The molecule has 2 amide bonds. The molecule has 8 heteroatoms. The Balaban J connectivity index is 1.30. The fourth-order valence-corrected chi connectivity index (χ4v) is 4.98. The maximum Gasteiger partial charge on any atom is 0.407 e. The number of ether oxygens (including phenoxy) is 2. The molecular formula is C26H30N2O6. The predicted molar refractivity (Wildman–Crippen MR) is 125 cm³/mol. The number of amides is 2. The molecule has 2 aliphatic rings. The first-order chi connectivity index (χ1) is 16.5. The van der Waals surface area contributed by atoms with Crippen LogP contribution in [0.5, 0.6) is 0 Å². The van der Waals surface area contributed by atoms with Gasteiger partial charge in [0.1, 0.15) is 6.61 Å². The molecule has 180 valence electrons.